The summed E-state index contributed by atoms with van der Waals surface area (Å²) in [6.07, 6.45) is 2.72. The van der Waals surface area contributed by atoms with Gasteiger partial charge in [0.05, 0.1) is 12.9 Å². The van der Waals surface area contributed by atoms with Crippen LogP contribution in [0.1, 0.15) is 26.3 Å². The quantitative estimate of drug-likeness (QED) is 0.810. The van der Waals surface area contributed by atoms with E-state index in [2.05, 4.69) is 34.1 Å². The van der Waals surface area contributed by atoms with Crippen LogP contribution >= 0.6 is 11.6 Å². The van der Waals surface area contributed by atoms with Crippen LogP contribution in [0.25, 0.3) is 11.2 Å². The molecule has 0 amide bonds. The Balaban J connectivity index is 2.54. The number of fused-ring (bicyclic) bond motifs is 1. The van der Waals surface area contributed by atoms with Crippen LogP contribution in [0.4, 0.5) is 5.82 Å². The normalized spacial score (nSPS) is 12.9. The summed E-state index contributed by atoms with van der Waals surface area (Å²) in [6.45, 7) is 4.65. The molecule has 0 fully saturated rings. The topological polar surface area (TPSA) is 75.9 Å². The molecular weight excluding hydrogens is 254 g/mol. The number of nitrogens with one attached hydrogen (secondary N) is 1. The first-order chi connectivity index (χ1) is 8.67. The van der Waals surface area contributed by atoms with E-state index in [0.29, 0.717) is 24.1 Å². The van der Waals surface area contributed by atoms with Crippen molar-refractivity contribution in [1.82, 2.24) is 19.5 Å². The third kappa shape index (κ3) is 2.39. The summed E-state index contributed by atoms with van der Waals surface area (Å²) in [5.74, 6) is 0.608. The number of aliphatic hydroxyl groups excluding tert-OH is 1. The van der Waals surface area contributed by atoms with Crippen molar-refractivity contribution in [3.8, 4) is 0 Å². The lowest BCUT2D eigenvalue weighted by Gasteiger charge is -2.14. The first kappa shape index (κ1) is 13.0. The second kappa shape index (κ2) is 5.49. The van der Waals surface area contributed by atoms with Crippen LogP contribution in [-0.4, -0.2) is 37.8 Å². The molecule has 1 atom stereocenters. The van der Waals surface area contributed by atoms with E-state index in [1.54, 1.807) is 6.33 Å². The van der Waals surface area contributed by atoms with Crippen LogP contribution in [0.5, 0.6) is 0 Å². The van der Waals surface area contributed by atoms with Crippen molar-refractivity contribution in [2.24, 2.45) is 0 Å². The Bertz CT molecular complexity index is 541. The highest BCUT2D eigenvalue weighted by Crippen LogP contribution is 2.25. The van der Waals surface area contributed by atoms with E-state index >= 15 is 0 Å². The van der Waals surface area contributed by atoms with E-state index in [0.717, 1.165) is 11.9 Å². The highest BCUT2D eigenvalue weighted by molar-refractivity contribution is 6.28. The molecule has 1 unspecified atom stereocenters. The summed E-state index contributed by atoms with van der Waals surface area (Å²) in [5, 5.41) is 12.1. The van der Waals surface area contributed by atoms with E-state index in [1.807, 2.05) is 4.57 Å². The van der Waals surface area contributed by atoms with Gasteiger partial charge in [-0.15, -0.1) is 0 Å². The molecule has 2 N–H and O–H groups in total. The molecule has 0 spiro atoms. The molecule has 0 bridgehead atoms. The molecule has 0 radical (unpaired) electrons. The van der Waals surface area contributed by atoms with Gasteiger partial charge < -0.3 is 15.0 Å². The van der Waals surface area contributed by atoms with Crippen LogP contribution in [-0.2, 0) is 0 Å². The predicted octanol–water partition coefficient (Wildman–Crippen LogP) is 1.85. The molecule has 18 heavy (non-hydrogen) atoms. The van der Waals surface area contributed by atoms with Gasteiger partial charge in [0.1, 0.15) is 5.52 Å². The Kier molecular flexibility index (Phi) is 3.98. The van der Waals surface area contributed by atoms with Gasteiger partial charge in [-0.25, -0.2) is 4.98 Å². The average Bonchev–Trinajstić information content (AvgIpc) is 2.78. The van der Waals surface area contributed by atoms with E-state index in [9.17, 15) is 0 Å². The Labute approximate surface area is 110 Å². The maximum Gasteiger partial charge on any atom is 0.226 e. The predicted molar refractivity (Wildman–Crippen MR) is 70.9 cm³/mol. The van der Waals surface area contributed by atoms with Gasteiger partial charge in [0.2, 0.25) is 5.28 Å². The van der Waals surface area contributed by atoms with Gasteiger partial charge in [0.15, 0.2) is 11.5 Å². The lowest BCUT2D eigenvalue weighted by atomic mass is 10.2. The van der Waals surface area contributed by atoms with Crippen molar-refractivity contribution in [3.63, 3.8) is 0 Å². The number of aromatic nitrogens is 4. The van der Waals surface area contributed by atoms with Crippen molar-refractivity contribution in [3.05, 3.63) is 11.6 Å². The minimum atomic E-state index is 0.0284. The van der Waals surface area contributed by atoms with Crippen molar-refractivity contribution in [2.45, 2.75) is 26.3 Å². The molecular formula is C11H16ClN5O. The fourth-order valence-corrected chi connectivity index (χ4v) is 1.91. The summed E-state index contributed by atoms with van der Waals surface area (Å²) in [4.78, 5) is 12.5. The molecule has 98 valence electrons. The van der Waals surface area contributed by atoms with E-state index in [4.69, 9.17) is 16.7 Å². The smallest absolute Gasteiger partial charge is 0.226 e. The minimum absolute atomic E-state index is 0.0284. The SMILES string of the molecule is CCC(C)n1cnc2nc(Cl)nc(NCCO)c21. The molecule has 0 saturated carbocycles. The first-order valence-corrected chi connectivity index (χ1v) is 6.30. The molecule has 0 aliphatic carbocycles. The van der Waals surface area contributed by atoms with Gasteiger partial charge in [-0.1, -0.05) is 6.92 Å². The molecule has 2 aromatic rings. The average molecular weight is 270 g/mol. The Morgan fingerprint density at radius 2 is 2.28 bits per heavy atom. The zero-order valence-electron chi connectivity index (χ0n) is 10.4. The summed E-state index contributed by atoms with van der Waals surface area (Å²) >= 11 is 5.85. The van der Waals surface area contributed by atoms with Gasteiger partial charge in [0.25, 0.3) is 0 Å². The van der Waals surface area contributed by atoms with Crippen LogP contribution in [0, 0.1) is 0 Å². The van der Waals surface area contributed by atoms with Crippen LogP contribution in [0.15, 0.2) is 6.33 Å². The molecule has 0 saturated heterocycles. The summed E-state index contributed by atoms with van der Waals surface area (Å²) in [6, 6.07) is 0.300. The lowest BCUT2D eigenvalue weighted by molar-refractivity contribution is 0.311. The lowest BCUT2D eigenvalue weighted by Crippen LogP contribution is -2.11. The fraction of sp³-hybridized carbons (Fsp3) is 0.545. The van der Waals surface area contributed by atoms with Crippen LogP contribution < -0.4 is 5.32 Å². The Morgan fingerprint density at radius 3 is 2.94 bits per heavy atom. The maximum atomic E-state index is 8.88. The standard InChI is InChI=1S/C11H16ClN5O/c1-3-7(2)17-6-14-10-8(17)9(13-4-5-18)15-11(12)16-10/h6-7,18H,3-5H2,1-2H3,(H,13,15,16). The van der Waals surface area contributed by atoms with E-state index < -0.39 is 0 Å². The number of hydrogen-bond acceptors (Lipinski definition) is 5. The van der Waals surface area contributed by atoms with Gasteiger partial charge in [-0.2, -0.15) is 9.97 Å². The molecule has 2 rings (SSSR count). The second-order valence-corrected chi connectivity index (χ2v) is 4.41. The highest BCUT2D eigenvalue weighted by Gasteiger charge is 2.15. The van der Waals surface area contributed by atoms with Gasteiger partial charge in [-0.3, -0.25) is 0 Å². The monoisotopic (exact) mass is 269 g/mol. The number of imidazole rings is 1. The number of rotatable bonds is 5. The number of nitrogens with zero attached hydrogens (tertiary/aromatic N) is 4. The van der Waals surface area contributed by atoms with Crippen molar-refractivity contribution in [1.29, 1.82) is 0 Å². The summed E-state index contributed by atoms with van der Waals surface area (Å²) < 4.78 is 2.02. The number of anilines is 1. The fourth-order valence-electron chi connectivity index (χ4n) is 1.75. The third-order valence-corrected chi connectivity index (χ3v) is 3.04. The molecule has 2 heterocycles. The maximum absolute atomic E-state index is 8.88. The van der Waals surface area contributed by atoms with Crippen molar-refractivity contribution < 1.29 is 5.11 Å². The van der Waals surface area contributed by atoms with E-state index in [1.165, 1.54) is 0 Å². The Morgan fingerprint density at radius 1 is 1.50 bits per heavy atom. The van der Waals surface area contributed by atoms with E-state index in [-0.39, 0.29) is 11.9 Å². The molecule has 2 aromatic heterocycles. The largest absolute Gasteiger partial charge is 0.395 e. The van der Waals surface area contributed by atoms with Crippen LogP contribution in [0.2, 0.25) is 5.28 Å². The third-order valence-electron chi connectivity index (χ3n) is 2.87. The molecule has 0 aromatic carbocycles. The number of hydrogen-bond donors (Lipinski definition) is 2. The molecule has 0 aliphatic heterocycles. The minimum Gasteiger partial charge on any atom is -0.395 e. The summed E-state index contributed by atoms with van der Waals surface area (Å²) in [5.41, 5.74) is 1.39. The van der Waals surface area contributed by atoms with Gasteiger partial charge in [-0.05, 0) is 24.9 Å². The molecule has 0 aliphatic rings. The highest BCUT2D eigenvalue weighted by atomic mass is 35.5. The zero-order valence-corrected chi connectivity index (χ0v) is 11.1. The number of halogens is 1. The molecule has 6 nitrogen and oxygen atoms in total. The van der Waals surface area contributed by atoms with Crippen molar-refractivity contribution >= 4 is 28.6 Å². The van der Waals surface area contributed by atoms with Gasteiger partial charge in [0, 0.05) is 12.6 Å². The van der Waals surface area contributed by atoms with Crippen LogP contribution in [0.3, 0.4) is 0 Å². The Hall–Kier alpha value is -1.40. The van der Waals surface area contributed by atoms with Gasteiger partial charge >= 0.3 is 0 Å². The van der Waals surface area contributed by atoms with Crippen molar-refractivity contribution in [2.75, 3.05) is 18.5 Å². The number of aliphatic hydroxyl groups is 1. The summed E-state index contributed by atoms with van der Waals surface area (Å²) in [7, 11) is 0. The molecule has 7 heteroatoms. The second-order valence-electron chi connectivity index (χ2n) is 4.07. The zero-order chi connectivity index (χ0) is 13.1. The first-order valence-electron chi connectivity index (χ1n) is 5.92.